The molecule has 6 nitrogen and oxygen atoms in total. The van der Waals surface area contributed by atoms with Gasteiger partial charge in [-0.3, -0.25) is 14.9 Å². The van der Waals surface area contributed by atoms with Crippen molar-refractivity contribution in [3.63, 3.8) is 0 Å². The quantitative estimate of drug-likeness (QED) is 0.640. The van der Waals surface area contributed by atoms with Crippen molar-refractivity contribution in [2.75, 3.05) is 5.32 Å². The molecule has 6 heteroatoms. The summed E-state index contributed by atoms with van der Waals surface area (Å²) in [4.78, 5) is 22.7. The molecule has 1 spiro atoms. The van der Waals surface area contributed by atoms with E-state index in [1.54, 1.807) is 6.07 Å². The van der Waals surface area contributed by atoms with Crippen LogP contribution in [0.4, 0.5) is 11.4 Å². The molecule has 1 amide bonds. The number of nitrogens with one attached hydrogen (secondary N) is 1. The number of anilines is 1. The second kappa shape index (κ2) is 5.44. The van der Waals surface area contributed by atoms with Gasteiger partial charge >= 0.3 is 0 Å². The van der Waals surface area contributed by atoms with Crippen molar-refractivity contribution in [2.45, 2.75) is 57.5 Å². The molecule has 4 bridgehead atoms. The molecule has 138 valence electrons. The number of nitro benzene ring substituents is 1. The number of carbonyl (C=O) groups is 1. The van der Waals surface area contributed by atoms with Gasteiger partial charge in [0.2, 0.25) is 5.91 Å². The largest absolute Gasteiger partial charge is 0.486 e. The molecule has 0 unspecified atom stereocenters. The smallest absolute Gasteiger partial charge is 0.299 e. The van der Waals surface area contributed by atoms with Crippen molar-refractivity contribution in [2.24, 2.45) is 23.7 Å². The second-order valence-electron chi connectivity index (χ2n) is 8.74. The molecular weight excluding hydrogens is 332 g/mol. The Bertz CT molecular complexity index is 775. The minimum atomic E-state index is -0.387. The van der Waals surface area contributed by atoms with Gasteiger partial charge in [0, 0.05) is 6.92 Å². The maximum Gasteiger partial charge on any atom is 0.299 e. The van der Waals surface area contributed by atoms with Gasteiger partial charge in [0.15, 0.2) is 0 Å². The lowest BCUT2D eigenvalue weighted by molar-refractivity contribution is -0.385. The van der Waals surface area contributed by atoms with Crippen molar-refractivity contribution in [1.82, 2.24) is 0 Å². The van der Waals surface area contributed by atoms with Crippen molar-refractivity contribution in [3.8, 4) is 5.75 Å². The van der Waals surface area contributed by atoms with Crippen molar-refractivity contribution < 1.29 is 14.5 Å². The average molecular weight is 356 g/mol. The van der Waals surface area contributed by atoms with E-state index in [1.807, 2.05) is 6.07 Å². The summed E-state index contributed by atoms with van der Waals surface area (Å²) in [5.41, 5.74) is 0.784. The SMILES string of the molecule is CC(=O)Nc1ccc2c(c1[N+](=O)[O-])CCC1(O2)C2CC3CC(C2)CC1C3. The summed E-state index contributed by atoms with van der Waals surface area (Å²) >= 11 is 0. The summed E-state index contributed by atoms with van der Waals surface area (Å²) in [5, 5.41) is 14.3. The Kier molecular flexibility index (Phi) is 3.37. The van der Waals surface area contributed by atoms with Gasteiger partial charge in [-0.2, -0.15) is 0 Å². The number of rotatable bonds is 2. The van der Waals surface area contributed by atoms with Crippen LogP contribution in [0.1, 0.15) is 51.0 Å². The third kappa shape index (κ3) is 2.20. The summed E-state index contributed by atoms with van der Waals surface area (Å²) < 4.78 is 6.63. The summed E-state index contributed by atoms with van der Waals surface area (Å²) in [6, 6.07) is 3.44. The van der Waals surface area contributed by atoms with E-state index in [0.717, 1.165) is 18.3 Å². The first-order valence-corrected chi connectivity index (χ1v) is 9.73. The molecule has 1 heterocycles. The van der Waals surface area contributed by atoms with Gasteiger partial charge in [0.05, 0.1) is 10.5 Å². The molecule has 0 radical (unpaired) electrons. The number of nitrogens with zero attached hydrogens (tertiary/aromatic N) is 1. The van der Waals surface area contributed by atoms with E-state index in [9.17, 15) is 14.9 Å². The third-order valence-electron chi connectivity index (χ3n) is 7.32. The maximum absolute atomic E-state index is 11.7. The van der Waals surface area contributed by atoms with Gasteiger partial charge in [-0.25, -0.2) is 0 Å². The van der Waals surface area contributed by atoms with Crippen LogP contribution >= 0.6 is 0 Å². The Morgan fingerprint density at radius 3 is 2.42 bits per heavy atom. The highest BCUT2D eigenvalue weighted by atomic mass is 16.6. The fourth-order valence-electron chi connectivity index (χ4n) is 6.59. The van der Waals surface area contributed by atoms with E-state index in [2.05, 4.69) is 5.32 Å². The summed E-state index contributed by atoms with van der Waals surface area (Å²) in [7, 11) is 0. The highest BCUT2D eigenvalue weighted by Gasteiger charge is 2.59. The Balaban J connectivity index is 1.53. The predicted molar refractivity (Wildman–Crippen MR) is 96.1 cm³/mol. The monoisotopic (exact) mass is 356 g/mol. The zero-order valence-corrected chi connectivity index (χ0v) is 15.0. The lowest BCUT2D eigenvalue weighted by Crippen LogP contribution is -2.61. The number of fused-ring (bicyclic) bond motifs is 1. The van der Waals surface area contributed by atoms with E-state index in [0.29, 0.717) is 29.6 Å². The molecule has 4 fully saturated rings. The Hall–Kier alpha value is -2.11. The number of hydrogen-bond donors (Lipinski definition) is 1. The van der Waals surface area contributed by atoms with Crippen molar-refractivity contribution >= 4 is 17.3 Å². The highest BCUT2D eigenvalue weighted by molar-refractivity contribution is 5.92. The van der Waals surface area contributed by atoms with Crippen LogP contribution in [-0.4, -0.2) is 16.4 Å². The molecular formula is C20H24N2O4. The Morgan fingerprint density at radius 1 is 1.19 bits per heavy atom. The number of ether oxygens (including phenoxy) is 1. The first-order chi connectivity index (χ1) is 12.5. The first-order valence-electron chi connectivity index (χ1n) is 9.73. The fraction of sp³-hybridized carbons (Fsp3) is 0.650. The summed E-state index contributed by atoms with van der Waals surface area (Å²) in [5.74, 6) is 3.28. The van der Waals surface area contributed by atoms with Crippen LogP contribution < -0.4 is 10.1 Å². The number of amides is 1. The fourth-order valence-corrected chi connectivity index (χ4v) is 6.59. The van der Waals surface area contributed by atoms with Crippen LogP contribution in [0.3, 0.4) is 0 Å². The molecule has 4 saturated carbocycles. The van der Waals surface area contributed by atoms with Gasteiger partial charge in [-0.1, -0.05) is 0 Å². The van der Waals surface area contributed by atoms with Crippen LogP contribution in [0, 0.1) is 33.8 Å². The van der Waals surface area contributed by atoms with Crippen LogP contribution in [0.25, 0.3) is 0 Å². The third-order valence-corrected chi connectivity index (χ3v) is 7.32. The van der Waals surface area contributed by atoms with Gasteiger partial charge < -0.3 is 10.1 Å². The first kappa shape index (κ1) is 16.1. The van der Waals surface area contributed by atoms with E-state index in [1.165, 1.54) is 39.0 Å². The van der Waals surface area contributed by atoms with Gasteiger partial charge in [0.1, 0.15) is 17.0 Å². The summed E-state index contributed by atoms with van der Waals surface area (Å²) in [6.07, 6.45) is 7.94. The molecule has 6 rings (SSSR count). The summed E-state index contributed by atoms with van der Waals surface area (Å²) in [6.45, 7) is 1.36. The molecule has 26 heavy (non-hydrogen) atoms. The molecule has 1 aromatic carbocycles. The Morgan fingerprint density at radius 2 is 1.85 bits per heavy atom. The lowest BCUT2D eigenvalue weighted by atomic mass is 9.48. The maximum atomic E-state index is 11.7. The van der Waals surface area contributed by atoms with E-state index < -0.39 is 0 Å². The number of hydrogen-bond acceptors (Lipinski definition) is 4. The molecule has 4 aliphatic carbocycles. The van der Waals surface area contributed by atoms with Gasteiger partial charge in [-0.15, -0.1) is 0 Å². The molecule has 1 aliphatic heterocycles. The minimum absolute atomic E-state index is 0.00336. The number of nitro groups is 1. The number of carbonyl (C=O) groups excluding carboxylic acids is 1. The zero-order chi connectivity index (χ0) is 18.1. The normalized spacial score (nSPS) is 36.5. The number of benzene rings is 1. The molecule has 1 N–H and O–H groups in total. The molecule has 0 saturated heterocycles. The van der Waals surface area contributed by atoms with E-state index in [4.69, 9.17) is 4.74 Å². The minimum Gasteiger partial charge on any atom is -0.486 e. The predicted octanol–water partition coefficient (Wildman–Crippen LogP) is 4.07. The standard InChI is InChI=1S/C20H24N2O4/c1-11(23)21-17-2-3-18-16(19(17)22(24)25)4-5-20(26-18)14-7-12-6-13(9-14)10-15(20)8-12/h2-3,12-15H,4-10H2,1H3,(H,21,23). The van der Waals surface area contributed by atoms with Crippen molar-refractivity contribution in [1.29, 1.82) is 0 Å². The van der Waals surface area contributed by atoms with E-state index in [-0.39, 0.29) is 27.8 Å². The molecule has 0 atom stereocenters. The molecule has 1 aromatic rings. The van der Waals surface area contributed by atoms with Crippen LogP contribution in [0.5, 0.6) is 5.75 Å². The van der Waals surface area contributed by atoms with Gasteiger partial charge in [-0.05, 0) is 80.8 Å². The molecule has 5 aliphatic rings. The van der Waals surface area contributed by atoms with Crippen molar-refractivity contribution in [3.05, 3.63) is 27.8 Å². The topological polar surface area (TPSA) is 81.5 Å². The lowest BCUT2D eigenvalue weighted by Gasteiger charge is -2.61. The second-order valence-corrected chi connectivity index (χ2v) is 8.74. The van der Waals surface area contributed by atoms with Crippen LogP contribution in [-0.2, 0) is 11.2 Å². The highest BCUT2D eigenvalue weighted by Crippen LogP contribution is 2.62. The Labute approximate surface area is 152 Å². The van der Waals surface area contributed by atoms with Gasteiger partial charge in [0.25, 0.3) is 5.69 Å². The zero-order valence-electron chi connectivity index (χ0n) is 15.0. The van der Waals surface area contributed by atoms with E-state index >= 15 is 0 Å². The molecule has 0 aromatic heterocycles. The average Bonchev–Trinajstić information content (AvgIpc) is 2.58. The van der Waals surface area contributed by atoms with Crippen LogP contribution in [0.2, 0.25) is 0 Å². The van der Waals surface area contributed by atoms with Crippen LogP contribution in [0.15, 0.2) is 12.1 Å².